The predicted octanol–water partition coefficient (Wildman–Crippen LogP) is 1.89. The van der Waals surface area contributed by atoms with E-state index in [1.54, 1.807) is 25.2 Å². The van der Waals surface area contributed by atoms with Gasteiger partial charge < -0.3 is 0 Å². The first-order valence-corrected chi connectivity index (χ1v) is 7.19. The van der Waals surface area contributed by atoms with Crippen LogP contribution in [0.5, 0.6) is 0 Å². The number of rotatable bonds is 3. The quantitative estimate of drug-likeness (QED) is 0.671. The molecule has 0 bridgehead atoms. The second kappa shape index (κ2) is 4.28. The second-order valence-corrected chi connectivity index (χ2v) is 6.79. The van der Waals surface area contributed by atoms with Crippen LogP contribution in [0.3, 0.4) is 0 Å². The Hall–Kier alpha value is -1.12. The number of nitrogens with zero attached hydrogens (tertiary/aromatic N) is 1. The Balaban J connectivity index is 2.43. The van der Waals surface area contributed by atoms with Crippen LogP contribution in [0.25, 0.3) is 0 Å². The number of hydrogen-bond acceptors (Lipinski definition) is 3. The van der Waals surface area contributed by atoms with Gasteiger partial charge in [0.15, 0.2) is 0 Å². The van der Waals surface area contributed by atoms with Crippen LogP contribution in [0.4, 0.5) is 5.69 Å². The van der Waals surface area contributed by atoms with Crippen LogP contribution in [-0.4, -0.2) is 20.7 Å². The Bertz CT molecular complexity index is 583. The van der Waals surface area contributed by atoms with Crippen LogP contribution in [0.15, 0.2) is 23.1 Å². The van der Waals surface area contributed by atoms with Gasteiger partial charge >= 0.3 is 0 Å². The average molecular weight is 267 g/mol. The molecule has 90 valence electrons. The smallest absolute Gasteiger partial charge is 0.237 e. The van der Waals surface area contributed by atoms with E-state index < -0.39 is 10.0 Å². The highest BCUT2D eigenvalue weighted by Crippen LogP contribution is 2.35. The summed E-state index contributed by atoms with van der Waals surface area (Å²) in [5.41, 5.74) is 1.19. The SMILES string of the molecule is C#Cc1ccc(S)c(N(C)S(=O)(=O)C2CC2)c1. The van der Waals surface area contributed by atoms with E-state index in [1.165, 1.54) is 4.31 Å². The molecule has 0 radical (unpaired) electrons. The molecular weight excluding hydrogens is 254 g/mol. The van der Waals surface area contributed by atoms with Crippen LogP contribution >= 0.6 is 12.6 Å². The summed E-state index contributed by atoms with van der Waals surface area (Å²) in [4.78, 5) is 0.607. The Labute approximate surface area is 107 Å². The number of hydrogen-bond donors (Lipinski definition) is 1. The average Bonchev–Trinajstić information content (AvgIpc) is 3.13. The van der Waals surface area contributed by atoms with Crippen molar-refractivity contribution in [3.8, 4) is 12.3 Å². The largest absolute Gasteiger partial charge is 0.272 e. The minimum absolute atomic E-state index is 0.241. The molecule has 0 aromatic heterocycles. The minimum atomic E-state index is -3.25. The monoisotopic (exact) mass is 267 g/mol. The molecule has 1 aliphatic carbocycles. The molecule has 0 aliphatic heterocycles. The van der Waals surface area contributed by atoms with E-state index in [1.807, 2.05) is 0 Å². The molecular formula is C12H13NO2S2. The predicted molar refractivity (Wildman–Crippen MR) is 72.0 cm³/mol. The molecule has 0 saturated heterocycles. The van der Waals surface area contributed by atoms with Crippen molar-refractivity contribution in [1.82, 2.24) is 0 Å². The van der Waals surface area contributed by atoms with Gasteiger partial charge in [0.05, 0.1) is 10.9 Å². The molecule has 0 spiro atoms. The van der Waals surface area contributed by atoms with Crippen molar-refractivity contribution in [1.29, 1.82) is 0 Å². The highest BCUT2D eigenvalue weighted by atomic mass is 32.2. The van der Waals surface area contributed by atoms with Crippen LogP contribution in [0, 0.1) is 12.3 Å². The molecule has 3 nitrogen and oxygen atoms in total. The fourth-order valence-electron chi connectivity index (χ4n) is 1.59. The number of thiol groups is 1. The summed E-state index contributed by atoms with van der Waals surface area (Å²) in [6.45, 7) is 0. The Kier molecular flexibility index (Phi) is 3.11. The van der Waals surface area contributed by atoms with Crippen molar-refractivity contribution >= 4 is 28.3 Å². The highest BCUT2D eigenvalue weighted by Gasteiger charge is 2.39. The third kappa shape index (κ3) is 2.28. The van der Waals surface area contributed by atoms with Gasteiger partial charge in [-0.3, -0.25) is 4.31 Å². The summed E-state index contributed by atoms with van der Waals surface area (Å²) in [6.07, 6.45) is 6.79. The standard InChI is InChI=1S/C12H13NO2S2/c1-3-9-4-7-12(16)11(8-9)13(2)17(14,15)10-5-6-10/h1,4,7-8,10,16H,5-6H2,2H3. The lowest BCUT2D eigenvalue weighted by Gasteiger charge is -2.21. The Morgan fingerprint density at radius 2 is 2.12 bits per heavy atom. The third-order valence-corrected chi connectivity index (χ3v) is 5.46. The topological polar surface area (TPSA) is 37.4 Å². The van der Waals surface area contributed by atoms with Crippen molar-refractivity contribution in [2.24, 2.45) is 0 Å². The molecule has 0 atom stereocenters. The van der Waals surface area contributed by atoms with Gasteiger partial charge in [0.2, 0.25) is 10.0 Å². The Morgan fingerprint density at radius 1 is 1.47 bits per heavy atom. The van der Waals surface area contributed by atoms with Gasteiger partial charge in [-0.15, -0.1) is 19.1 Å². The Morgan fingerprint density at radius 3 is 2.65 bits per heavy atom. The molecule has 17 heavy (non-hydrogen) atoms. The normalized spacial score (nSPS) is 15.4. The van der Waals surface area contributed by atoms with Gasteiger partial charge in [0.25, 0.3) is 0 Å². The summed E-state index contributed by atoms with van der Waals surface area (Å²) in [7, 11) is -1.71. The van der Waals surface area contributed by atoms with Crippen molar-refractivity contribution in [2.75, 3.05) is 11.4 Å². The number of benzene rings is 1. The molecule has 0 heterocycles. The first kappa shape index (κ1) is 12.3. The summed E-state index contributed by atoms with van der Waals surface area (Å²) in [5, 5.41) is -0.241. The third-order valence-electron chi connectivity index (χ3n) is 2.81. The fourth-order valence-corrected chi connectivity index (χ4v) is 3.55. The van der Waals surface area contributed by atoms with Gasteiger partial charge in [-0.2, -0.15) is 0 Å². The zero-order valence-corrected chi connectivity index (χ0v) is 11.1. The van der Waals surface area contributed by atoms with E-state index in [4.69, 9.17) is 6.42 Å². The van der Waals surface area contributed by atoms with Gasteiger partial charge in [-0.05, 0) is 31.0 Å². The van der Waals surface area contributed by atoms with Crippen LogP contribution in [-0.2, 0) is 10.0 Å². The van der Waals surface area contributed by atoms with Crippen molar-refractivity contribution in [3.63, 3.8) is 0 Å². The first-order valence-electron chi connectivity index (χ1n) is 5.24. The summed E-state index contributed by atoms with van der Waals surface area (Å²) in [5.74, 6) is 2.49. The summed E-state index contributed by atoms with van der Waals surface area (Å²) >= 11 is 4.27. The van der Waals surface area contributed by atoms with E-state index in [0.717, 1.165) is 12.8 Å². The molecule has 0 amide bonds. The van der Waals surface area contributed by atoms with Gasteiger partial charge in [0.1, 0.15) is 0 Å². The molecule has 1 aromatic carbocycles. The highest BCUT2D eigenvalue weighted by molar-refractivity contribution is 7.93. The lowest BCUT2D eigenvalue weighted by molar-refractivity contribution is 0.593. The summed E-state index contributed by atoms with van der Waals surface area (Å²) in [6, 6.07) is 5.12. The molecule has 2 rings (SSSR count). The van der Waals surface area contributed by atoms with Crippen LogP contribution in [0.1, 0.15) is 18.4 Å². The lowest BCUT2D eigenvalue weighted by atomic mass is 10.2. The van der Waals surface area contributed by atoms with Gasteiger partial charge in [-0.1, -0.05) is 5.92 Å². The minimum Gasteiger partial charge on any atom is -0.272 e. The molecule has 0 unspecified atom stereocenters. The molecule has 1 aromatic rings. The molecule has 0 N–H and O–H groups in total. The molecule has 1 aliphatic rings. The molecule has 1 fully saturated rings. The van der Waals surface area contributed by atoms with Crippen molar-refractivity contribution in [3.05, 3.63) is 23.8 Å². The van der Waals surface area contributed by atoms with E-state index >= 15 is 0 Å². The molecule has 5 heteroatoms. The number of anilines is 1. The van der Waals surface area contributed by atoms with Crippen LogP contribution < -0.4 is 4.31 Å². The van der Waals surface area contributed by atoms with E-state index in [9.17, 15) is 8.42 Å². The van der Waals surface area contributed by atoms with Crippen LogP contribution in [0.2, 0.25) is 0 Å². The zero-order chi connectivity index (χ0) is 12.6. The van der Waals surface area contributed by atoms with E-state index in [2.05, 4.69) is 18.5 Å². The number of terminal acetylenes is 1. The van der Waals surface area contributed by atoms with Gasteiger partial charge in [0, 0.05) is 17.5 Å². The zero-order valence-electron chi connectivity index (χ0n) is 9.42. The maximum absolute atomic E-state index is 12.1. The summed E-state index contributed by atoms with van der Waals surface area (Å²) < 4.78 is 25.5. The lowest BCUT2D eigenvalue weighted by Crippen LogP contribution is -2.30. The van der Waals surface area contributed by atoms with Crippen molar-refractivity contribution < 1.29 is 8.42 Å². The fraction of sp³-hybridized carbons (Fsp3) is 0.333. The number of sulfonamides is 1. The first-order chi connectivity index (χ1) is 7.96. The second-order valence-electron chi connectivity index (χ2n) is 4.06. The van der Waals surface area contributed by atoms with Crippen molar-refractivity contribution in [2.45, 2.75) is 23.0 Å². The van der Waals surface area contributed by atoms with E-state index in [0.29, 0.717) is 16.1 Å². The van der Waals surface area contributed by atoms with Gasteiger partial charge in [-0.25, -0.2) is 8.42 Å². The van der Waals surface area contributed by atoms with E-state index in [-0.39, 0.29) is 5.25 Å². The maximum atomic E-state index is 12.1. The maximum Gasteiger partial charge on any atom is 0.237 e. The molecule has 1 saturated carbocycles.